The number of nitrogens with two attached hydrogens (primary N) is 1. The van der Waals surface area contributed by atoms with Gasteiger partial charge in [0.25, 0.3) is 0 Å². The van der Waals surface area contributed by atoms with Crippen LogP contribution in [0.5, 0.6) is 0 Å². The molecule has 1 atom stereocenters. The van der Waals surface area contributed by atoms with Crippen LogP contribution in [0.3, 0.4) is 0 Å². The molecule has 0 fully saturated rings. The fourth-order valence-corrected chi connectivity index (χ4v) is 1.64. The molecule has 0 saturated heterocycles. The maximum Gasteiger partial charge on any atom is 0.323 e. The Kier molecular flexibility index (Phi) is 3.19. The number of methoxy groups -OCH3 is 1. The lowest BCUT2D eigenvalue weighted by atomic mass is 9.78. The zero-order chi connectivity index (χ0) is 11.6. The molecule has 15 heavy (non-hydrogen) atoms. The summed E-state index contributed by atoms with van der Waals surface area (Å²) in [5.41, 5.74) is 6.28. The fraction of sp³-hybridized carbons (Fsp3) is 0.545. The largest absolute Gasteiger partial charge is 0.469 e. The van der Waals surface area contributed by atoms with Crippen molar-refractivity contribution in [3.05, 3.63) is 23.7 Å². The Morgan fingerprint density at radius 3 is 2.60 bits per heavy atom. The molecule has 0 amide bonds. The molecule has 1 aromatic heterocycles. The number of hydrogen-bond donors (Lipinski definition) is 1. The van der Waals surface area contributed by atoms with Gasteiger partial charge in [0.1, 0.15) is 11.8 Å². The topological polar surface area (TPSA) is 65.5 Å². The van der Waals surface area contributed by atoms with Crippen LogP contribution in [0.1, 0.15) is 25.2 Å². The Labute approximate surface area is 89.4 Å². The molecule has 1 unspecified atom stereocenters. The van der Waals surface area contributed by atoms with Gasteiger partial charge >= 0.3 is 5.97 Å². The quantitative estimate of drug-likeness (QED) is 0.767. The van der Waals surface area contributed by atoms with Crippen LogP contribution < -0.4 is 5.73 Å². The SMILES string of the molecule is COC(=O)C(N)C(C)(C)c1ccoc1C. The lowest BCUT2D eigenvalue weighted by Gasteiger charge is -2.29. The van der Waals surface area contributed by atoms with Crippen molar-refractivity contribution in [1.82, 2.24) is 0 Å². The predicted octanol–water partition coefficient (Wildman–Crippen LogP) is 1.37. The average molecular weight is 211 g/mol. The summed E-state index contributed by atoms with van der Waals surface area (Å²) < 4.78 is 9.85. The second kappa shape index (κ2) is 4.06. The number of esters is 1. The van der Waals surface area contributed by atoms with Gasteiger partial charge in [0.2, 0.25) is 0 Å². The van der Waals surface area contributed by atoms with Crippen molar-refractivity contribution >= 4 is 5.97 Å². The van der Waals surface area contributed by atoms with Gasteiger partial charge < -0.3 is 14.9 Å². The van der Waals surface area contributed by atoms with Crippen LogP contribution in [0.15, 0.2) is 16.7 Å². The van der Waals surface area contributed by atoms with Crippen LogP contribution >= 0.6 is 0 Å². The lowest BCUT2D eigenvalue weighted by Crippen LogP contribution is -2.47. The standard InChI is InChI=1S/C11H17NO3/c1-7-8(5-6-15-7)11(2,3)9(12)10(13)14-4/h5-6,9H,12H2,1-4H3. The minimum atomic E-state index is -0.696. The molecule has 0 radical (unpaired) electrons. The van der Waals surface area contributed by atoms with Gasteiger partial charge in [-0.15, -0.1) is 0 Å². The number of aryl methyl sites for hydroxylation is 1. The Hall–Kier alpha value is -1.29. The number of carbonyl (C=O) groups excluding carboxylic acids is 1. The van der Waals surface area contributed by atoms with Gasteiger partial charge in [-0.05, 0) is 13.0 Å². The summed E-state index contributed by atoms with van der Waals surface area (Å²) >= 11 is 0. The second-order valence-electron chi connectivity index (χ2n) is 4.11. The highest BCUT2D eigenvalue weighted by Gasteiger charge is 2.36. The van der Waals surface area contributed by atoms with E-state index in [0.29, 0.717) is 0 Å². The highest BCUT2D eigenvalue weighted by molar-refractivity contribution is 5.77. The minimum Gasteiger partial charge on any atom is -0.469 e. The van der Waals surface area contributed by atoms with E-state index in [1.807, 2.05) is 26.8 Å². The molecule has 4 nitrogen and oxygen atoms in total. The smallest absolute Gasteiger partial charge is 0.323 e. The summed E-state index contributed by atoms with van der Waals surface area (Å²) in [6.45, 7) is 5.64. The van der Waals surface area contributed by atoms with Gasteiger partial charge in [-0.2, -0.15) is 0 Å². The molecule has 2 N–H and O–H groups in total. The van der Waals surface area contributed by atoms with Gasteiger partial charge in [0.05, 0.1) is 13.4 Å². The zero-order valence-electron chi connectivity index (χ0n) is 9.53. The molecule has 0 aromatic carbocycles. The first-order chi connectivity index (χ1) is 6.91. The maximum absolute atomic E-state index is 11.4. The molecular weight excluding hydrogens is 194 g/mol. The lowest BCUT2D eigenvalue weighted by molar-refractivity contribution is -0.143. The molecule has 0 aliphatic heterocycles. The molecule has 0 spiro atoms. The van der Waals surface area contributed by atoms with Gasteiger partial charge in [0, 0.05) is 11.0 Å². The summed E-state index contributed by atoms with van der Waals surface area (Å²) in [7, 11) is 1.33. The van der Waals surface area contributed by atoms with Crippen LogP contribution in [0.4, 0.5) is 0 Å². The molecule has 4 heteroatoms. The molecular formula is C11H17NO3. The first kappa shape index (κ1) is 11.8. The van der Waals surface area contributed by atoms with Crippen LogP contribution in [0.25, 0.3) is 0 Å². The highest BCUT2D eigenvalue weighted by Crippen LogP contribution is 2.29. The maximum atomic E-state index is 11.4. The first-order valence-electron chi connectivity index (χ1n) is 4.79. The van der Waals surface area contributed by atoms with E-state index < -0.39 is 17.4 Å². The molecule has 0 aliphatic carbocycles. The second-order valence-corrected chi connectivity index (χ2v) is 4.11. The van der Waals surface area contributed by atoms with Crippen molar-refractivity contribution in [1.29, 1.82) is 0 Å². The van der Waals surface area contributed by atoms with Crippen LogP contribution in [-0.2, 0) is 14.9 Å². The average Bonchev–Trinajstić information content (AvgIpc) is 2.62. The van der Waals surface area contributed by atoms with E-state index in [9.17, 15) is 4.79 Å². The van der Waals surface area contributed by atoms with E-state index in [0.717, 1.165) is 11.3 Å². The van der Waals surface area contributed by atoms with Crippen molar-refractivity contribution in [2.24, 2.45) is 5.73 Å². The third kappa shape index (κ3) is 2.04. The fourth-order valence-electron chi connectivity index (χ4n) is 1.64. The van der Waals surface area contributed by atoms with E-state index in [1.54, 1.807) is 6.26 Å². The zero-order valence-corrected chi connectivity index (χ0v) is 9.53. The number of furan rings is 1. The van der Waals surface area contributed by atoms with E-state index in [-0.39, 0.29) is 0 Å². The molecule has 1 aromatic rings. The molecule has 0 bridgehead atoms. The van der Waals surface area contributed by atoms with Gasteiger partial charge in [-0.1, -0.05) is 13.8 Å². The molecule has 84 valence electrons. The molecule has 0 aliphatic rings. The Morgan fingerprint density at radius 1 is 1.60 bits per heavy atom. The summed E-state index contributed by atoms with van der Waals surface area (Å²) in [5, 5.41) is 0. The third-order valence-electron chi connectivity index (χ3n) is 2.79. The number of carbonyl (C=O) groups is 1. The van der Waals surface area contributed by atoms with E-state index in [4.69, 9.17) is 10.2 Å². The van der Waals surface area contributed by atoms with Gasteiger partial charge in [-0.3, -0.25) is 4.79 Å². The summed E-state index contributed by atoms with van der Waals surface area (Å²) in [4.78, 5) is 11.4. The summed E-state index contributed by atoms with van der Waals surface area (Å²) in [5.74, 6) is 0.361. The number of rotatable bonds is 3. The van der Waals surface area contributed by atoms with Gasteiger partial charge in [-0.25, -0.2) is 0 Å². The van der Waals surface area contributed by atoms with E-state index in [2.05, 4.69) is 4.74 Å². The Balaban J connectivity index is 3.02. The molecule has 1 rings (SSSR count). The van der Waals surface area contributed by atoms with Crippen molar-refractivity contribution in [2.45, 2.75) is 32.2 Å². The molecule has 1 heterocycles. The van der Waals surface area contributed by atoms with Crippen LogP contribution in [0.2, 0.25) is 0 Å². The van der Waals surface area contributed by atoms with Crippen molar-refractivity contribution in [3.63, 3.8) is 0 Å². The van der Waals surface area contributed by atoms with Gasteiger partial charge in [0.15, 0.2) is 0 Å². The van der Waals surface area contributed by atoms with E-state index >= 15 is 0 Å². The normalized spacial score (nSPS) is 13.7. The highest BCUT2D eigenvalue weighted by atomic mass is 16.5. The number of ether oxygens (including phenoxy) is 1. The van der Waals surface area contributed by atoms with Crippen LogP contribution in [0, 0.1) is 6.92 Å². The minimum absolute atomic E-state index is 0.416. The monoisotopic (exact) mass is 211 g/mol. The third-order valence-corrected chi connectivity index (χ3v) is 2.79. The van der Waals surface area contributed by atoms with E-state index in [1.165, 1.54) is 7.11 Å². The first-order valence-corrected chi connectivity index (χ1v) is 4.79. The van der Waals surface area contributed by atoms with Crippen LogP contribution in [-0.4, -0.2) is 19.1 Å². The van der Waals surface area contributed by atoms with Crippen molar-refractivity contribution in [3.8, 4) is 0 Å². The number of hydrogen-bond acceptors (Lipinski definition) is 4. The van der Waals surface area contributed by atoms with Crippen molar-refractivity contribution < 1.29 is 13.9 Å². The predicted molar refractivity (Wildman–Crippen MR) is 56.5 cm³/mol. The Bertz CT molecular complexity index is 354. The summed E-state index contributed by atoms with van der Waals surface area (Å²) in [6, 6.07) is 1.14. The Morgan fingerprint density at radius 2 is 2.20 bits per heavy atom. The van der Waals surface area contributed by atoms with Crippen molar-refractivity contribution in [2.75, 3.05) is 7.11 Å². The summed E-state index contributed by atoms with van der Waals surface area (Å²) in [6.07, 6.45) is 1.59. The molecule has 0 saturated carbocycles.